The molecule has 0 bridgehead atoms. The molecule has 0 radical (unpaired) electrons. The number of nitrogens with one attached hydrogen (secondary N) is 2. The van der Waals surface area contributed by atoms with Crippen molar-refractivity contribution in [3.8, 4) is 0 Å². The average Bonchev–Trinajstić information content (AvgIpc) is 2.67. The number of pyridine rings is 1. The van der Waals surface area contributed by atoms with Crippen LogP contribution in [0.25, 0.3) is 11.0 Å². The van der Waals surface area contributed by atoms with Gasteiger partial charge >= 0.3 is 6.18 Å². The molecule has 0 fully saturated rings. The number of fused-ring (bicyclic) bond motifs is 1. The second-order valence-electron chi connectivity index (χ2n) is 6.82. The number of halogens is 3. The van der Waals surface area contributed by atoms with E-state index < -0.39 is 11.7 Å². The lowest BCUT2D eigenvalue weighted by Gasteiger charge is -2.16. The van der Waals surface area contributed by atoms with E-state index in [1.54, 1.807) is 31.3 Å². The van der Waals surface area contributed by atoms with Crippen LogP contribution in [-0.4, -0.2) is 33.7 Å². The Balaban J connectivity index is 0.00000141. The van der Waals surface area contributed by atoms with Crippen molar-refractivity contribution in [2.24, 2.45) is 0 Å². The predicted octanol–water partition coefficient (Wildman–Crippen LogP) is 6.29. The first-order valence-electron chi connectivity index (χ1n) is 9.85. The Labute approximate surface area is 176 Å². The smallest absolute Gasteiger partial charge is 0.364 e. The summed E-state index contributed by atoms with van der Waals surface area (Å²) < 4.78 is 39.2. The highest BCUT2D eigenvalue weighted by Crippen LogP contribution is 2.30. The zero-order valence-electron chi connectivity index (χ0n) is 18.1. The molecule has 8 heteroatoms. The molecule has 5 nitrogen and oxygen atoms in total. The quantitative estimate of drug-likeness (QED) is 0.514. The van der Waals surface area contributed by atoms with Gasteiger partial charge in [-0.2, -0.15) is 18.2 Å². The van der Waals surface area contributed by atoms with Gasteiger partial charge in [0, 0.05) is 18.8 Å². The van der Waals surface area contributed by atoms with E-state index >= 15 is 0 Å². The summed E-state index contributed by atoms with van der Waals surface area (Å²) in [6.07, 6.45) is 2.89. The number of rotatable bonds is 7. The summed E-state index contributed by atoms with van der Waals surface area (Å²) in [6.45, 7) is 12.9. The Hall–Kier alpha value is -2.90. The molecule has 164 valence electrons. The van der Waals surface area contributed by atoms with E-state index in [9.17, 15) is 13.2 Å². The fourth-order valence-electron chi connectivity index (χ4n) is 2.25. The van der Waals surface area contributed by atoms with Gasteiger partial charge in [0.15, 0.2) is 5.82 Å². The number of alkyl halides is 3. The van der Waals surface area contributed by atoms with Crippen molar-refractivity contribution in [1.82, 2.24) is 15.0 Å². The minimum atomic E-state index is -4.51. The lowest BCUT2D eigenvalue weighted by Crippen LogP contribution is -2.19. The van der Waals surface area contributed by atoms with Crippen molar-refractivity contribution >= 4 is 22.8 Å². The summed E-state index contributed by atoms with van der Waals surface area (Å²) in [6, 6.07) is 3.61. The minimum absolute atomic E-state index is 0.0154. The molecule has 2 aromatic heterocycles. The number of hydrogen-bond donors (Lipinski definition) is 2. The third-order valence-electron chi connectivity index (χ3n) is 3.54. The second kappa shape index (κ2) is 11.9. The van der Waals surface area contributed by atoms with Gasteiger partial charge in [-0.15, -0.1) is 0 Å². The highest BCUT2D eigenvalue weighted by Gasteiger charge is 2.33. The van der Waals surface area contributed by atoms with Crippen molar-refractivity contribution in [2.45, 2.75) is 53.3 Å². The first-order valence-corrected chi connectivity index (χ1v) is 9.85. The average molecular weight is 422 g/mol. The van der Waals surface area contributed by atoms with Gasteiger partial charge in [-0.3, -0.25) is 4.98 Å². The van der Waals surface area contributed by atoms with E-state index in [2.05, 4.69) is 46.0 Å². The van der Waals surface area contributed by atoms with Gasteiger partial charge in [-0.25, -0.2) is 4.98 Å². The molecule has 0 spiro atoms. The van der Waals surface area contributed by atoms with Crippen molar-refractivity contribution in [1.29, 1.82) is 0 Å². The van der Waals surface area contributed by atoms with Crippen LogP contribution in [0.4, 0.5) is 24.9 Å². The zero-order chi connectivity index (χ0) is 22.7. The third-order valence-corrected chi connectivity index (χ3v) is 3.54. The van der Waals surface area contributed by atoms with Crippen LogP contribution >= 0.6 is 0 Å². The van der Waals surface area contributed by atoms with Gasteiger partial charge in [-0.1, -0.05) is 45.1 Å². The molecule has 0 saturated heterocycles. The monoisotopic (exact) mass is 421 g/mol. The molecular formula is C22H30F3N5. The number of anilines is 2. The first kappa shape index (κ1) is 25.1. The van der Waals surface area contributed by atoms with Crippen molar-refractivity contribution in [3.63, 3.8) is 0 Å². The highest BCUT2D eigenvalue weighted by molar-refractivity contribution is 5.86. The maximum Gasteiger partial charge on any atom is 0.416 e. The van der Waals surface area contributed by atoms with Crippen LogP contribution in [0.2, 0.25) is 0 Å². The van der Waals surface area contributed by atoms with Crippen molar-refractivity contribution < 1.29 is 13.2 Å². The van der Waals surface area contributed by atoms with Gasteiger partial charge in [0.05, 0.1) is 11.1 Å². The molecule has 0 aliphatic heterocycles. The Kier molecular flexibility index (Phi) is 10.0. The molecule has 2 N–H and O–H groups in total. The van der Waals surface area contributed by atoms with Crippen LogP contribution < -0.4 is 10.6 Å². The molecular weight excluding hydrogens is 391 g/mol. The summed E-state index contributed by atoms with van der Waals surface area (Å²) in [5.41, 5.74) is 0.184. The Morgan fingerprint density at radius 1 is 1.23 bits per heavy atom. The molecule has 2 heterocycles. The lowest BCUT2D eigenvalue weighted by molar-refractivity contribution is -0.0889. The third kappa shape index (κ3) is 7.85. The van der Waals surface area contributed by atoms with Crippen LogP contribution in [0.3, 0.4) is 0 Å². The summed E-state index contributed by atoms with van der Waals surface area (Å²) in [7, 11) is 0. The van der Waals surface area contributed by atoms with E-state index in [1.165, 1.54) is 18.6 Å². The fourth-order valence-corrected chi connectivity index (χ4v) is 2.25. The summed E-state index contributed by atoms with van der Waals surface area (Å²) in [4.78, 5) is 13.0. The number of hydrogen-bond acceptors (Lipinski definition) is 5. The van der Waals surface area contributed by atoms with Crippen LogP contribution in [0.5, 0.6) is 0 Å². The van der Waals surface area contributed by atoms with Crippen LogP contribution in [-0.2, 0) is 0 Å². The Bertz CT molecular complexity index is 886. The normalized spacial score (nSPS) is 12.1. The van der Waals surface area contributed by atoms with Gasteiger partial charge in [-0.05, 0) is 38.5 Å². The Morgan fingerprint density at radius 2 is 1.90 bits per heavy atom. The molecule has 30 heavy (non-hydrogen) atoms. The molecule has 2 rings (SSSR count). The molecule has 0 amide bonds. The molecule has 2 aromatic rings. The minimum Gasteiger partial charge on any atom is -0.364 e. The van der Waals surface area contributed by atoms with E-state index in [4.69, 9.17) is 0 Å². The van der Waals surface area contributed by atoms with Gasteiger partial charge in [0.1, 0.15) is 5.52 Å². The maximum atomic E-state index is 13.1. The fraction of sp³-hybridized carbons (Fsp3) is 0.409. The molecule has 0 unspecified atom stereocenters. The standard InChI is InChI=1S/C19H22F3N5.C3H8/c1-5-6-8-14(13(4)19(20,21)22)11-24-17-16-15(9-7-10-23-16)26-18(27-17)25-12(2)3;1-3-2/h5-10,12H,4,11H2,1-3H3,(H2,24,25,26,27);3H2,1-2H3/b6-5-,14-8-;. The SMILES string of the molecule is C=C(/C(=C\C=C/C)CNc1nc(NC(C)C)nc2cccnc12)C(F)(F)F.CCC. The van der Waals surface area contributed by atoms with Crippen LogP contribution in [0.1, 0.15) is 41.0 Å². The Morgan fingerprint density at radius 3 is 2.47 bits per heavy atom. The van der Waals surface area contributed by atoms with Crippen LogP contribution in [0.15, 0.2) is 54.3 Å². The lowest BCUT2D eigenvalue weighted by atomic mass is 10.1. The predicted molar refractivity (Wildman–Crippen MR) is 119 cm³/mol. The number of nitrogens with zero attached hydrogens (tertiary/aromatic N) is 3. The van der Waals surface area contributed by atoms with Crippen molar-refractivity contribution in [2.75, 3.05) is 17.2 Å². The summed E-state index contributed by atoms with van der Waals surface area (Å²) in [5.74, 6) is 0.728. The van der Waals surface area contributed by atoms with Gasteiger partial charge in [0.2, 0.25) is 5.95 Å². The largest absolute Gasteiger partial charge is 0.416 e. The molecule has 0 atom stereocenters. The van der Waals surface area contributed by atoms with E-state index in [-0.39, 0.29) is 18.2 Å². The van der Waals surface area contributed by atoms with Crippen molar-refractivity contribution in [3.05, 3.63) is 54.3 Å². The summed E-state index contributed by atoms with van der Waals surface area (Å²) >= 11 is 0. The van der Waals surface area contributed by atoms with Crippen LogP contribution in [0, 0.1) is 0 Å². The van der Waals surface area contributed by atoms with Gasteiger partial charge < -0.3 is 10.6 Å². The maximum absolute atomic E-state index is 13.1. The summed E-state index contributed by atoms with van der Waals surface area (Å²) in [5, 5.41) is 6.04. The number of allylic oxidation sites excluding steroid dienone is 3. The van der Waals surface area contributed by atoms with Gasteiger partial charge in [0.25, 0.3) is 0 Å². The highest BCUT2D eigenvalue weighted by atomic mass is 19.4. The van der Waals surface area contributed by atoms with E-state index in [1.807, 2.05) is 13.8 Å². The van der Waals surface area contributed by atoms with E-state index in [0.717, 1.165) is 0 Å². The first-order chi connectivity index (χ1) is 14.1. The molecule has 0 aliphatic carbocycles. The van der Waals surface area contributed by atoms with E-state index in [0.29, 0.717) is 22.8 Å². The number of aromatic nitrogens is 3. The zero-order valence-corrected chi connectivity index (χ0v) is 18.1. The molecule has 0 aliphatic rings. The molecule has 0 aromatic carbocycles. The topological polar surface area (TPSA) is 62.7 Å². The second-order valence-corrected chi connectivity index (χ2v) is 6.82. The molecule has 0 saturated carbocycles.